The number of likely N-dealkylation sites (N-methyl/N-ethyl adjacent to an activating group) is 2. The summed E-state index contributed by atoms with van der Waals surface area (Å²) in [5, 5.41) is 25.9. The molecular formula is C31H30N6O6S4. The number of para-hydroxylation sites is 2. The van der Waals surface area contributed by atoms with Crippen molar-refractivity contribution in [1.82, 2.24) is 24.2 Å². The Morgan fingerprint density at radius 2 is 1.43 bits per heavy atom. The average Bonchev–Trinajstić information content (AvgIpc) is 3.67. The highest BCUT2D eigenvalue weighted by Gasteiger charge is 2.83. The summed E-state index contributed by atoms with van der Waals surface area (Å²) in [6.07, 6.45) is 1.21. The van der Waals surface area contributed by atoms with E-state index in [0.29, 0.717) is 11.3 Å². The average molecular weight is 711 g/mol. The first-order chi connectivity index (χ1) is 22.5. The number of anilines is 1. The van der Waals surface area contributed by atoms with Crippen LogP contribution >= 0.6 is 43.2 Å². The second kappa shape index (κ2) is 9.36. The number of carbonyl (C=O) groups excluding carboxylic acids is 4. The highest BCUT2D eigenvalue weighted by Crippen LogP contribution is 2.72. The van der Waals surface area contributed by atoms with E-state index in [9.17, 15) is 24.6 Å². The largest absolute Gasteiger partial charge is 0.392 e. The number of amides is 4. The van der Waals surface area contributed by atoms with Gasteiger partial charge in [0.1, 0.15) is 11.7 Å². The molecule has 1 aromatic heterocycles. The minimum Gasteiger partial charge on any atom is -0.392 e. The van der Waals surface area contributed by atoms with Crippen LogP contribution in [-0.4, -0.2) is 111 Å². The fourth-order valence-electron chi connectivity index (χ4n) is 8.62. The van der Waals surface area contributed by atoms with Crippen molar-refractivity contribution in [2.24, 2.45) is 7.05 Å². The Labute approximate surface area is 285 Å². The van der Waals surface area contributed by atoms with Crippen LogP contribution in [0.1, 0.15) is 17.5 Å². The third-order valence-corrected chi connectivity index (χ3v) is 18.2. The maximum Gasteiger partial charge on any atom is 0.265 e. The number of aliphatic hydroxyl groups is 2. The van der Waals surface area contributed by atoms with Gasteiger partial charge in [-0.05, 0) is 39.3 Å². The molecule has 6 atom stereocenters. The highest BCUT2D eigenvalue weighted by molar-refractivity contribution is 8.78. The van der Waals surface area contributed by atoms with Crippen LogP contribution in [0.3, 0.4) is 0 Å². The predicted octanol–water partition coefficient (Wildman–Crippen LogP) is 1.93. The van der Waals surface area contributed by atoms with Crippen molar-refractivity contribution in [2.75, 3.05) is 32.6 Å². The van der Waals surface area contributed by atoms with E-state index in [1.54, 1.807) is 11.9 Å². The minimum absolute atomic E-state index is 0.00945. The summed E-state index contributed by atoms with van der Waals surface area (Å²) < 4.78 is 2.00. The summed E-state index contributed by atoms with van der Waals surface area (Å²) in [6.45, 7) is -1.20. The topological polar surface area (TPSA) is 139 Å². The van der Waals surface area contributed by atoms with Crippen LogP contribution in [-0.2, 0) is 38.2 Å². The first kappa shape index (κ1) is 30.1. The van der Waals surface area contributed by atoms with Gasteiger partial charge in [0, 0.05) is 62.3 Å². The van der Waals surface area contributed by atoms with Crippen molar-refractivity contribution < 1.29 is 29.4 Å². The van der Waals surface area contributed by atoms with Gasteiger partial charge in [-0.15, -0.1) is 0 Å². The molecule has 0 radical (unpaired) electrons. The molecule has 6 unspecified atom stereocenters. The normalized spacial score (nSPS) is 36.8. The van der Waals surface area contributed by atoms with Gasteiger partial charge in [-0.1, -0.05) is 58.0 Å². The standard InChI is InChI=1S/C31H30N6O6S4/c1-33-13-17(18-8-4-7-11-21(18)33)12-28-23(40)34(2)31(16-39,47-44-28)26(43)37(28)27-14-29-24(41)35(3)30(15-38,46-45-29)25(42)36(29)22(27)32-20-10-6-5-9-19(20)27/h4-11,13,22,32,38-39H,12,14-16H2,1-3H3. The molecule has 2 aromatic carbocycles. The van der Waals surface area contributed by atoms with E-state index >= 15 is 4.79 Å². The van der Waals surface area contributed by atoms with Gasteiger partial charge in [-0.3, -0.25) is 24.1 Å². The zero-order valence-corrected chi connectivity index (χ0v) is 28.8. The SMILES string of the molecule is CN1C(=O)C23CC4(N5C(=O)C6(CO)SSC5(Cc5cn(C)c7ccccc57)C(=O)N6C)c5ccccc5NC4N2C(=O)C1(CO)SS3. The zero-order chi connectivity index (χ0) is 32.9. The molecule has 16 heteroatoms. The number of piperazine rings is 2. The number of hydrogen-bond donors (Lipinski definition) is 3. The molecule has 7 saturated heterocycles. The van der Waals surface area contributed by atoms with Gasteiger partial charge < -0.3 is 34.8 Å². The van der Waals surface area contributed by atoms with Gasteiger partial charge in [-0.2, -0.15) is 0 Å². The van der Waals surface area contributed by atoms with Crippen LogP contribution < -0.4 is 5.32 Å². The second-order valence-corrected chi connectivity index (χ2v) is 18.4. The molecule has 0 saturated carbocycles. The molecular weight excluding hydrogens is 681 g/mol. The highest BCUT2D eigenvalue weighted by atomic mass is 33.1. The number of nitrogens with zero attached hydrogens (tertiary/aromatic N) is 5. The smallest absolute Gasteiger partial charge is 0.265 e. The van der Waals surface area contributed by atoms with Crippen LogP contribution in [0.4, 0.5) is 5.69 Å². The van der Waals surface area contributed by atoms with Gasteiger partial charge in [0.2, 0.25) is 9.74 Å². The predicted molar refractivity (Wildman–Crippen MR) is 181 cm³/mol. The molecule has 244 valence electrons. The number of hydrogen-bond acceptors (Lipinski definition) is 11. The number of aromatic nitrogens is 1. The molecule has 8 aliphatic rings. The van der Waals surface area contributed by atoms with E-state index in [4.69, 9.17) is 0 Å². The quantitative estimate of drug-likeness (QED) is 0.335. The second-order valence-electron chi connectivity index (χ2n) is 13.0. The molecule has 0 aliphatic carbocycles. The summed E-state index contributed by atoms with van der Waals surface area (Å²) in [5.74, 6) is -1.57. The van der Waals surface area contributed by atoms with Crippen LogP contribution in [0.2, 0.25) is 0 Å². The van der Waals surface area contributed by atoms with Crippen LogP contribution in [0.25, 0.3) is 10.9 Å². The first-order valence-electron chi connectivity index (χ1n) is 15.1. The summed E-state index contributed by atoms with van der Waals surface area (Å²) >= 11 is 0. The van der Waals surface area contributed by atoms with Crippen molar-refractivity contribution in [3.05, 3.63) is 65.9 Å². The van der Waals surface area contributed by atoms with Crippen molar-refractivity contribution in [2.45, 2.75) is 44.0 Å². The number of carbonyl (C=O) groups is 4. The number of benzene rings is 2. The zero-order valence-electron chi connectivity index (χ0n) is 25.5. The van der Waals surface area contributed by atoms with E-state index in [0.717, 1.165) is 27.3 Å². The summed E-state index contributed by atoms with van der Waals surface area (Å²) in [5.41, 5.74) is 1.83. The fourth-order valence-corrected chi connectivity index (χ4v) is 15.8. The molecule has 11 rings (SSSR count). The van der Waals surface area contributed by atoms with Crippen molar-refractivity contribution in [3.8, 4) is 0 Å². The lowest BCUT2D eigenvalue weighted by molar-refractivity contribution is -0.178. The number of aryl methyl sites for hydroxylation is 1. The Balaban J connectivity index is 1.32. The van der Waals surface area contributed by atoms with Gasteiger partial charge in [0.25, 0.3) is 23.6 Å². The molecule has 1 spiro atoms. The molecule has 4 bridgehead atoms. The molecule has 47 heavy (non-hydrogen) atoms. The molecule has 7 fully saturated rings. The minimum atomic E-state index is -1.61. The summed E-state index contributed by atoms with van der Waals surface area (Å²) in [7, 11) is 9.88. The van der Waals surface area contributed by atoms with E-state index in [-0.39, 0.29) is 24.7 Å². The maximum atomic E-state index is 15.3. The van der Waals surface area contributed by atoms with Gasteiger partial charge in [0.15, 0.2) is 9.74 Å². The van der Waals surface area contributed by atoms with Crippen LogP contribution in [0.15, 0.2) is 54.7 Å². The van der Waals surface area contributed by atoms with Crippen LogP contribution in [0, 0.1) is 0 Å². The van der Waals surface area contributed by atoms with E-state index in [1.165, 1.54) is 54.1 Å². The van der Waals surface area contributed by atoms with Crippen LogP contribution in [0.5, 0.6) is 0 Å². The monoisotopic (exact) mass is 710 g/mol. The third-order valence-electron chi connectivity index (χ3n) is 11.0. The Hall–Kier alpha value is -3.02. The van der Waals surface area contributed by atoms with Crippen molar-refractivity contribution in [3.63, 3.8) is 0 Å². The molecule has 9 heterocycles. The molecule has 3 N–H and O–H groups in total. The number of nitrogens with one attached hydrogen (secondary N) is 1. The number of aliphatic hydroxyl groups excluding tert-OH is 2. The van der Waals surface area contributed by atoms with Crippen molar-refractivity contribution in [1.29, 1.82) is 0 Å². The van der Waals surface area contributed by atoms with E-state index < -0.39 is 56.2 Å². The van der Waals surface area contributed by atoms with Gasteiger partial charge in [0.05, 0.1) is 13.2 Å². The third kappa shape index (κ3) is 3.12. The molecule has 3 aromatic rings. The van der Waals surface area contributed by atoms with Crippen molar-refractivity contribution >= 4 is 83.4 Å². The Kier molecular flexibility index (Phi) is 5.99. The van der Waals surface area contributed by atoms with E-state index in [1.807, 2.05) is 66.3 Å². The lowest BCUT2D eigenvalue weighted by Crippen LogP contribution is -2.82. The Morgan fingerprint density at radius 1 is 0.787 bits per heavy atom. The first-order valence-corrected chi connectivity index (χ1v) is 19.4. The van der Waals surface area contributed by atoms with Gasteiger partial charge >= 0.3 is 0 Å². The molecule has 8 aliphatic heterocycles. The molecule has 4 amide bonds. The number of rotatable bonds is 5. The fraction of sp³-hybridized carbons (Fsp3) is 0.419. The Bertz CT molecular complexity index is 1980. The van der Waals surface area contributed by atoms with E-state index in [2.05, 4.69) is 5.32 Å². The molecule has 12 nitrogen and oxygen atoms in total. The number of fused-ring (bicyclic) bond motifs is 10. The maximum absolute atomic E-state index is 15.3. The lowest BCUT2D eigenvalue weighted by Gasteiger charge is -2.63. The summed E-state index contributed by atoms with van der Waals surface area (Å²) in [6, 6.07) is 15.4. The Morgan fingerprint density at radius 3 is 2.19 bits per heavy atom. The van der Waals surface area contributed by atoms with Gasteiger partial charge in [-0.25, -0.2) is 0 Å². The summed E-state index contributed by atoms with van der Waals surface area (Å²) in [4.78, 5) is 59.0. The lowest BCUT2D eigenvalue weighted by atomic mass is 9.80.